The van der Waals surface area contributed by atoms with Gasteiger partial charge in [0.25, 0.3) is 0 Å². The lowest BCUT2D eigenvalue weighted by molar-refractivity contribution is 0.405. The molecule has 0 spiro atoms. The summed E-state index contributed by atoms with van der Waals surface area (Å²) in [6.45, 7) is 8.75. The molecule has 0 aromatic carbocycles. The molecule has 0 aliphatic rings. The number of aromatic nitrogens is 2. The van der Waals surface area contributed by atoms with Gasteiger partial charge in [0.05, 0.1) is 11.4 Å². The summed E-state index contributed by atoms with van der Waals surface area (Å²) in [6, 6.07) is 0. The predicted octanol–water partition coefficient (Wildman–Crippen LogP) is 2.63. The zero-order valence-corrected chi connectivity index (χ0v) is 8.96. The normalized spacial score (nSPS) is 11.7. The molecule has 1 rings (SSSR count). The maximum Gasteiger partial charge on any atom is 0.0595 e. The molecule has 0 atom stereocenters. The van der Waals surface area contributed by atoms with E-state index >= 15 is 0 Å². The lowest BCUT2D eigenvalue weighted by atomic mass is 9.91. The molecule has 0 aliphatic carbocycles. The number of aryl methyl sites for hydroxylation is 1. The van der Waals surface area contributed by atoms with E-state index in [1.54, 1.807) is 0 Å². The van der Waals surface area contributed by atoms with Crippen molar-refractivity contribution in [1.82, 2.24) is 9.97 Å². The fraction of sp³-hybridized carbons (Fsp3) is 0.636. The highest BCUT2D eigenvalue weighted by molar-refractivity contribution is 5.04. The summed E-state index contributed by atoms with van der Waals surface area (Å²) in [6.07, 6.45) is 5.66. The molecule has 0 fully saturated rings. The Labute approximate surface area is 80.4 Å². The summed E-state index contributed by atoms with van der Waals surface area (Å²) < 4.78 is 0. The van der Waals surface area contributed by atoms with Crippen molar-refractivity contribution >= 4 is 0 Å². The van der Waals surface area contributed by atoms with Crippen molar-refractivity contribution in [1.29, 1.82) is 0 Å². The van der Waals surface area contributed by atoms with Gasteiger partial charge >= 0.3 is 0 Å². The van der Waals surface area contributed by atoms with Crippen molar-refractivity contribution in [3.8, 4) is 0 Å². The van der Waals surface area contributed by atoms with Crippen LogP contribution in [0.15, 0.2) is 12.4 Å². The van der Waals surface area contributed by atoms with Crippen LogP contribution in [0.5, 0.6) is 0 Å². The molecule has 0 amide bonds. The highest BCUT2D eigenvalue weighted by atomic mass is 14.8. The summed E-state index contributed by atoms with van der Waals surface area (Å²) in [7, 11) is 0. The van der Waals surface area contributed by atoms with Crippen LogP contribution in [0.2, 0.25) is 0 Å². The van der Waals surface area contributed by atoms with Crippen LogP contribution in [0, 0.1) is 5.41 Å². The van der Waals surface area contributed by atoms with Crippen LogP contribution < -0.4 is 0 Å². The zero-order valence-electron chi connectivity index (χ0n) is 8.96. The maximum atomic E-state index is 4.51. The Morgan fingerprint density at radius 1 is 1.15 bits per heavy atom. The Morgan fingerprint density at radius 2 is 1.77 bits per heavy atom. The van der Waals surface area contributed by atoms with Gasteiger partial charge in [-0.15, -0.1) is 0 Å². The Balaban J connectivity index is 2.78. The van der Waals surface area contributed by atoms with Crippen molar-refractivity contribution in [2.45, 2.75) is 40.5 Å². The fourth-order valence-electron chi connectivity index (χ4n) is 1.25. The largest absolute Gasteiger partial charge is 0.261 e. The Morgan fingerprint density at radius 3 is 2.31 bits per heavy atom. The van der Waals surface area contributed by atoms with Crippen molar-refractivity contribution in [2.75, 3.05) is 0 Å². The molecule has 0 unspecified atom stereocenters. The van der Waals surface area contributed by atoms with E-state index in [0.717, 1.165) is 24.2 Å². The Kier molecular flexibility index (Phi) is 3.02. The highest BCUT2D eigenvalue weighted by Crippen LogP contribution is 2.18. The third-order valence-electron chi connectivity index (χ3n) is 1.81. The van der Waals surface area contributed by atoms with Crippen LogP contribution in [0.25, 0.3) is 0 Å². The summed E-state index contributed by atoms with van der Waals surface area (Å²) >= 11 is 0. The van der Waals surface area contributed by atoms with Gasteiger partial charge in [0, 0.05) is 12.4 Å². The number of nitrogens with zero attached hydrogens (tertiary/aromatic N) is 2. The molecule has 0 N–H and O–H groups in total. The van der Waals surface area contributed by atoms with Gasteiger partial charge in [0.2, 0.25) is 0 Å². The number of hydrogen-bond donors (Lipinski definition) is 0. The molecule has 0 saturated heterocycles. The van der Waals surface area contributed by atoms with E-state index in [1.807, 2.05) is 12.4 Å². The minimum absolute atomic E-state index is 0.293. The van der Waals surface area contributed by atoms with Crippen LogP contribution in [0.3, 0.4) is 0 Å². The van der Waals surface area contributed by atoms with Crippen LogP contribution in [-0.2, 0) is 12.8 Å². The first-order valence-electron chi connectivity index (χ1n) is 4.81. The molecule has 2 nitrogen and oxygen atoms in total. The van der Waals surface area contributed by atoms with Crippen LogP contribution in [0.4, 0.5) is 0 Å². The van der Waals surface area contributed by atoms with Crippen LogP contribution in [0.1, 0.15) is 39.1 Å². The van der Waals surface area contributed by atoms with Crippen LogP contribution in [-0.4, -0.2) is 9.97 Å². The molecule has 0 bridgehead atoms. The molecular formula is C11H18N2. The average molecular weight is 178 g/mol. The quantitative estimate of drug-likeness (QED) is 0.695. The monoisotopic (exact) mass is 178 g/mol. The molecule has 0 saturated carbocycles. The second-order valence-corrected chi connectivity index (χ2v) is 4.59. The molecule has 0 radical (unpaired) electrons. The molecule has 1 aromatic heterocycles. The van der Waals surface area contributed by atoms with Gasteiger partial charge in [-0.05, 0) is 18.3 Å². The summed E-state index contributed by atoms with van der Waals surface area (Å²) in [5.74, 6) is 0. The number of rotatable bonds is 2. The van der Waals surface area contributed by atoms with E-state index in [0.29, 0.717) is 5.41 Å². The lowest BCUT2D eigenvalue weighted by Gasteiger charge is -2.17. The van der Waals surface area contributed by atoms with Gasteiger partial charge in [-0.1, -0.05) is 27.7 Å². The molecule has 0 aliphatic heterocycles. The smallest absolute Gasteiger partial charge is 0.0595 e. The maximum absolute atomic E-state index is 4.51. The van der Waals surface area contributed by atoms with Crippen molar-refractivity contribution in [2.24, 2.45) is 5.41 Å². The van der Waals surface area contributed by atoms with Gasteiger partial charge in [-0.25, -0.2) is 0 Å². The summed E-state index contributed by atoms with van der Waals surface area (Å²) in [4.78, 5) is 8.69. The third kappa shape index (κ3) is 3.53. The Hall–Kier alpha value is -0.920. The second kappa shape index (κ2) is 3.86. The van der Waals surface area contributed by atoms with Crippen molar-refractivity contribution in [3.63, 3.8) is 0 Å². The third-order valence-corrected chi connectivity index (χ3v) is 1.81. The van der Waals surface area contributed by atoms with Gasteiger partial charge < -0.3 is 0 Å². The van der Waals surface area contributed by atoms with Crippen molar-refractivity contribution in [3.05, 3.63) is 23.8 Å². The fourth-order valence-corrected chi connectivity index (χ4v) is 1.25. The van der Waals surface area contributed by atoms with Gasteiger partial charge in [-0.3, -0.25) is 9.97 Å². The minimum atomic E-state index is 0.293. The first-order chi connectivity index (χ1) is 6.01. The van der Waals surface area contributed by atoms with Gasteiger partial charge in [0.1, 0.15) is 0 Å². The zero-order chi connectivity index (χ0) is 9.90. The van der Waals surface area contributed by atoms with E-state index in [4.69, 9.17) is 0 Å². The highest BCUT2D eigenvalue weighted by Gasteiger charge is 2.12. The van der Waals surface area contributed by atoms with Gasteiger partial charge in [-0.2, -0.15) is 0 Å². The first kappa shape index (κ1) is 10.2. The van der Waals surface area contributed by atoms with E-state index in [-0.39, 0.29) is 0 Å². The first-order valence-corrected chi connectivity index (χ1v) is 4.81. The summed E-state index contributed by atoms with van der Waals surface area (Å²) in [5.41, 5.74) is 2.48. The minimum Gasteiger partial charge on any atom is -0.261 e. The van der Waals surface area contributed by atoms with Crippen molar-refractivity contribution < 1.29 is 0 Å². The molecule has 72 valence electrons. The standard InChI is InChI=1S/C11H18N2/c1-5-9-7-12-8-10(13-9)6-11(2,3)4/h7-8H,5-6H2,1-4H3. The molecule has 13 heavy (non-hydrogen) atoms. The predicted molar refractivity (Wildman–Crippen MR) is 54.6 cm³/mol. The molecule has 1 heterocycles. The van der Waals surface area contributed by atoms with E-state index in [1.165, 1.54) is 0 Å². The second-order valence-electron chi connectivity index (χ2n) is 4.59. The lowest BCUT2D eigenvalue weighted by Crippen LogP contribution is -2.11. The summed E-state index contributed by atoms with van der Waals surface area (Å²) in [5, 5.41) is 0. The molecular weight excluding hydrogens is 160 g/mol. The topological polar surface area (TPSA) is 25.8 Å². The number of hydrogen-bond acceptors (Lipinski definition) is 2. The van der Waals surface area contributed by atoms with E-state index < -0.39 is 0 Å². The molecule has 2 heteroatoms. The van der Waals surface area contributed by atoms with E-state index in [2.05, 4.69) is 37.7 Å². The van der Waals surface area contributed by atoms with Gasteiger partial charge in [0.15, 0.2) is 0 Å². The van der Waals surface area contributed by atoms with E-state index in [9.17, 15) is 0 Å². The van der Waals surface area contributed by atoms with Crippen LogP contribution >= 0.6 is 0 Å². The SMILES string of the molecule is CCc1cncc(CC(C)(C)C)n1. The molecule has 1 aromatic rings. The Bertz CT molecular complexity index is 274. The average Bonchev–Trinajstić information content (AvgIpc) is 2.01.